The van der Waals surface area contributed by atoms with E-state index in [-0.39, 0.29) is 4.75 Å². The average molecular weight is 278 g/mol. The van der Waals surface area contributed by atoms with Crippen LogP contribution in [0.15, 0.2) is 23.5 Å². The van der Waals surface area contributed by atoms with E-state index in [9.17, 15) is 0 Å². The molecule has 0 aromatic rings. The number of rotatable bonds is 6. The molecule has 0 fully saturated rings. The SMILES string of the molecule is [B]/C=C\C(CC(=C)SC(C)(C)C)C(C)CC(C)(C)C. The van der Waals surface area contributed by atoms with Crippen LogP contribution in [0.3, 0.4) is 0 Å². The molecule has 2 radical (unpaired) electrons. The summed E-state index contributed by atoms with van der Waals surface area (Å²) in [5.41, 5.74) is 0.360. The van der Waals surface area contributed by atoms with Gasteiger partial charge in [0.25, 0.3) is 0 Å². The molecule has 0 aromatic carbocycles. The Morgan fingerprint density at radius 1 is 1.21 bits per heavy atom. The zero-order chi connectivity index (χ0) is 15.3. The van der Waals surface area contributed by atoms with E-state index in [1.54, 1.807) is 5.98 Å². The van der Waals surface area contributed by atoms with Crippen molar-refractivity contribution in [1.82, 2.24) is 0 Å². The Labute approximate surface area is 126 Å². The summed E-state index contributed by atoms with van der Waals surface area (Å²) in [7, 11) is 5.62. The van der Waals surface area contributed by atoms with Crippen molar-refractivity contribution in [2.45, 2.75) is 66.1 Å². The van der Waals surface area contributed by atoms with Gasteiger partial charge in [-0.2, -0.15) is 0 Å². The summed E-state index contributed by atoms with van der Waals surface area (Å²) in [6.45, 7) is 20.1. The summed E-state index contributed by atoms with van der Waals surface area (Å²) in [6, 6.07) is 0. The van der Waals surface area contributed by atoms with Crippen LogP contribution in [-0.4, -0.2) is 12.6 Å². The topological polar surface area (TPSA) is 0 Å². The number of thioether (sulfide) groups is 1. The summed E-state index contributed by atoms with van der Waals surface area (Å²) < 4.78 is 0.237. The summed E-state index contributed by atoms with van der Waals surface area (Å²) in [5.74, 6) is 2.81. The quantitative estimate of drug-likeness (QED) is 0.554. The first-order chi connectivity index (χ1) is 8.44. The Kier molecular flexibility index (Phi) is 7.58. The molecule has 0 rings (SSSR count). The Hall–Kier alpha value is -0.105. The highest BCUT2D eigenvalue weighted by Gasteiger charge is 2.23. The number of hydrogen-bond donors (Lipinski definition) is 0. The highest BCUT2D eigenvalue weighted by atomic mass is 32.2. The monoisotopic (exact) mass is 278 g/mol. The first-order valence-corrected chi connectivity index (χ1v) is 8.01. The molecule has 2 unspecified atom stereocenters. The molecule has 2 atom stereocenters. The van der Waals surface area contributed by atoms with E-state index < -0.39 is 0 Å². The van der Waals surface area contributed by atoms with Gasteiger partial charge in [0.05, 0.1) is 0 Å². The molecule has 0 saturated carbocycles. The van der Waals surface area contributed by atoms with Gasteiger partial charge >= 0.3 is 0 Å². The molecule has 108 valence electrons. The van der Waals surface area contributed by atoms with Crippen LogP contribution in [0.4, 0.5) is 0 Å². The Bertz CT molecular complexity index is 304. The molecule has 0 N–H and O–H groups in total. The van der Waals surface area contributed by atoms with Gasteiger partial charge in [0.1, 0.15) is 7.85 Å². The Morgan fingerprint density at radius 2 is 1.74 bits per heavy atom. The van der Waals surface area contributed by atoms with Gasteiger partial charge in [-0.15, -0.1) is 17.7 Å². The predicted octanol–water partition coefficient (Wildman–Crippen LogP) is 5.79. The van der Waals surface area contributed by atoms with Crippen LogP contribution < -0.4 is 0 Å². The van der Waals surface area contributed by atoms with Gasteiger partial charge in [0, 0.05) is 4.75 Å². The third-order valence-electron chi connectivity index (χ3n) is 2.94. The normalized spacial score (nSPS) is 16.6. The molecule has 0 saturated heterocycles. The van der Waals surface area contributed by atoms with E-state index in [2.05, 4.69) is 61.1 Å². The highest BCUT2D eigenvalue weighted by Crippen LogP contribution is 2.38. The van der Waals surface area contributed by atoms with Crippen molar-refractivity contribution in [3.05, 3.63) is 23.5 Å². The minimum Gasteiger partial charge on any atom is -0.135 e. The van der Waals surface area contributed by atoms with Gasteiger partial charge in [-0.1, -0.05) is 61.1 Å². The van der Waals surface area contributed by atoms with Gasteiger partial charge in [-0.25, -0.2) is 0 Å². The minimum absolute atomic E-state index is 0.237. The van der Waals surface area contributed by atoms with Crippen molar-refractivity contribution in [3.63, 3.8) is 0 Å². The standard InChI is InChI=1S/C17H31BS/c1-13(12-16(3,4)5)15(9-10-18)11-14(2)19-17(6,7)8/h9-10,13,15H,2,11-12H2,1,3-8H3/b10-9-. The van der Waals surface area contributed by atoms with E-state index in [0.29, 0.717) is 17.3 Å². The van der Waals surface area contributed by atoms with Crippen LogP contribution in [-0.2, 0) is 0 Å². The fraction of sp³-hybridized carbons (Fsp3) is 0.765. The van der Waals surface area contributed by atoms with Crippen molar-refractivity contribution in [2.24, 2.45) is 17.3 Å². The second kappa shape index (κ2) is 7.62. The second-order valence-electron chi connectivity index (χ2n) is 7.75. The van der Waals surface area contributed by atoms with Crippen LogP contribution in [0.25, 0.3) is 0 Å². The minimum atomic E-state index is 0.237. The smallest absolute Gasteiger partial charge is 0.102 e. The molecule has 0 aromatic heterocycles. The van der Waals surface area contributed by atoms with E-state index in [0.717, 1.165) is 6.42 Å². The zero-order valence-electron chi connectivity index (χ0n) is 13.9. The third kappa shape index (κ3) is 10.4. The van der Waals surface area contributed by atoms with Gasteiger partial charge in [-0.3, -0.25) is 0 Å². The molecule has 0 aliphatic heterocycles. The van der Waals surface area contributed by atoms with Crippen LogP contribution in [0.1, 0.15) is 61.3 Å². The zero-order valence-corrected chi connectivity index (χ0v) is 14.7. The molecule has 0 aliphatic carbocycles. The maximum absolute atomic E-state index is 5.62. The van der Waals surface area contributed by atoms with Gasteiger partial charge in [0.2, 0.25) is 0 Å². The maximum atomic E-state index is 5.62. The molecular weight excluding hydrogens is 247 g/mol. The van der Waals surface area contributed by atoms with E-state index in [1.165, 1.54) is 11.3 Å². The van der Waals surface area contributed by atoms with Gasteiger partial charge in [-0.05, 0) is 35.0 Å². The Morgan fingerprint density at radius 3 is 2.11 bits per heavy atom. The summed E-state index contributed by atoms with van der Waals surface area (Å²) in [6.07, 6.45) is 4.37. The molecule has 0 amide bonds. The summed E-state index contributed by atoms with van der Waals surface area (Å²) >= 11 is 1.88. The second-order valence-corrected chi connectivity index (χ2v) is 9.75. The van der Waals surface area contributed by atoms with Crippen molar-refractivity contribution in [1.29, 1.82) is 0 Å². The maximum Gasteiger partial charge on any atom is 0.102 e. The summed E-state index contributed by atoms with van der Waals surface area (Å²) in [4.78, 5) is 1.26. The largest absolute Gasteiger partial charge is 0.135 e. The van der Waals surface area contributed by atoms with Gasteiger partial charge in [0.15, 0.2) is 0 Å². The lowest BCUT2D eigenvalue weighted by Crippen LogP contribution is -2.18. The van der Waals surface area contributed by atoms with Crippen LogP contribution >= 0.6 is 11.8 Å². The lowest BCUT2D eigenvalue weighted by atomic mass is 9.78. The molecule has 0 spiro atoms. The van der Waals surface area contributed by atoms with E-state index in [4.69, 9.17) is 7.85 Å². The number of hydrogen-bond acceptors (Lipinski definition) is 1. The Balaban J connectivity index is 4.62. The molecular formula is C17H31BS. The molecule has 0 nitrogen and oxygen atoms in total. The molecule has 0 bridgehead atoms. The number of allylic oxidation sites excluding steroid dienone is 2. The van der Waals surface area contributed by atoms with Crippen molar-refractivity contribution in [2.75, 3.05) is 0 Å². The highest BCUT2D eigenvalue weighted by molar-refractivity contribution is 8.04. The molecule has 19 heavy (non-hydrogen) atoms. The molecule has 2 heteroatoms. The van der Waals surface area contributed by atoms with Gasteiger partial charge < -0.3 is 0 Å². The third-order valence-corrected chi connectivity index (χ3v) is 4.01. The fourth-order valence-corrected chi connectivity index (χ4v) is 3.60. The average Bonchev–Trinajstić information content (AvgIpc) is 2.10. The first kappa shape index (κ1) is 18.9. The molecule has 0 heterocycles. The van der Waals surface area contributed by atoms with Crippen molar-refractivity contribution in [3.8, 4) is 0 Å². The lowest BCUT2D eigenvalue weighted by molar-refractivity contribution is 0.265. The van der Waals surface area contributed by atoms with Crippen LogP contribution in [0.2, 0.25) is 0 Å². The van der Waals surface area contributed by atoms with Crippen LogP contribution in [0, 0.1) is 17.3 Å². The van der Waals surface area contributed by atoms with E-state index >= 15 is 0 Å². The molecule has 0 aliphatic rings. The fourth-order valence-electron chi connectivity index (χ4n) is 2.46. The first-order valence-electron chi connectivity index (χ1n) is 7.20. The lowest BCUT2D eigenvalue weighted by Gasteiger charge is -2.29. The van der Waals surface area contributed by atoms with Crippen molar-refractivity contribution < 1.29 is 0 Å². The van der Waals surface area contributed by atoms with E-state index in [1.807, 2.05) is 11.8 Å². The van der Waals surface area contributed by atoms with Crippen LogP contribution in [0.5, 0.6) is 0 Å². The predicted molar refractivity (Wildman–Crippen MR) is 92.7 cm³/mol. The van der Waals surface area contributed by atoms with Crippen molar-refractivity contribution >= 4 is 19.6 Å². The summed E-state index contributed by atoms with van der Waals surface area (Å²) in [5, 5.41) is 0.